The predicted molar refractivity (Wildman–Crippen MR) is 110 cm³/mol. The highest BCUT2D eigenvalue weighted by Gasteiger charge is 2.24. The lowest BCUT2D eigenvalue weighted by Crippen LogP contribution is -2.51. The van der Waals surface area contributed by atoms with Crippen molar-refractivity contribution >= 4 is 17.8 Å². The van der Waals surface area contributed by atoms with Gasteiger partial charge in [0, 0.05) is 51.1 Å². The molecule has 2 aliphatic rings. The Morgan fingerprint density at radius 3 is 2.00 bits per heavy atom. The van der Waals surface area contributed by atoms with Crippen molar-refractivity contribution in [2.45, 2.75) is 90.1 Å². The Labute approximate surface area is 169 Å². The molecule has 0 aromatic rings. The summed E-state index contributed by atoms with van der Waals surface area (Å²) in [4.78, 5) is 40.2. The lowest BCUT2D eigenvalue weighted by atomic mass is 9.96. The Morgan fingerprint density at radius 2 is 1.43 bits per heavy atom. The van der Waals surface area contributed by atoms with Gasteiger partial charge in [-0.2, -0.15) is 0 Å². The molecule has 1 saturated heterocycles. The number of carbonyl (C=O) groups is 3. The first-order valence-electron chi connectivity index (χ1n) is 11.2. The number of carbonyl (C=O) groups excluding carboxylic acids is 3. The van der Waals surface area contributed by atoms with Crippen LogP contribution in [-0.4, -0.2) is 65.9 Å². The lowest BCUT2D eigenvalue weighted by Gasteiger charge is -2.33. The lowest BCUT2D eigenvalue weighted by molar-refractivity contribution is -0.133. The van der Waals surface area contributed by atoms with Gasteiger partial charge >= 0.3 is 6.03 Å². The van der Waals surface area contributed by atoms with E-state index in [0.29, 0.717) is 38.4 Å². The van der Waals surface area contributed by atoms with Crippen LogP contribution in [0.25, 0.3) is 0 Å². The van der Waals surface area contributed by atoms with E-state index in [1.807, 2.05) is 18.7 Å². The molecule has 0 aromatic carbocycles. The molecule has 1 saturated carbocycles. The normalized spacial score (nSPS) is 18.6. The van der Waals surface area contributed by atoms with Gasteiger partial charge in [-0.1, -0.05) is 19.3 Å². The summed E-state index contributed by atoms with van der Waals surface area (Å²) in [5, 5.41) is 6.16. The van der Waals surface area contributed by atoms with Gasteiger partial charge in [0.05, 0.1) is 0 Å². The molecule has 0 aromatic heterocycles. The smallest absolute Gasteiger partial charge is 0.315 e. The minimum absolute atomic E-state index is 0.0633. The number of hydrogen-bond donors (Lipinski definition) is 2. The molecular weight excluding hydrogens is 356 g/mol. The monoisotopic (exact) mass is 394 g/mol. The van der Waals surface area contributed by atoms with E-state index in [1.165, 1.54) is 19.3 Å². The van der Waals surface area contributed by atoms with Crippen LogP contribution in [0.15, 0.2) is 0 Å². The van der Waals surface area contributed by atoms with Crippen molar-refractivity contribution in [2.75, 3.05) is 26.2 Å². The quantitative estimate of drug-likeness (QED) is 0.664. The van der Waals surface area contributed by atoms with E-state index in [0.717, 1.165) is 38.8 Å². The van der Waals surface area contributed by atoms with Crippen molar-refractivity contribution in [2.24, 2.45) is 0 Å². The van der Waals surface area contributed by atoms with Crippen molar-refractivity contribution in [3.63, 3.8) is 0 Å². The Bertz CT molecular complexity index is 508. The molecule has 0 radical (unpaired) electrons. The summed E-state index contributed by atoms with van der Waals surface area (Å²) in [6.07, 6.45) is 8.89. The van der Waals surface area contributed by atoms with Crippen LogP contribution in [0.5, 0.6) is 0 Å². The van der Waals surface area contributed by atoms with Gasteiger partial charge in [-0.05, 0) is 46.0 Å². The van der Waals surface area contributed by atoms with E-state index < -0.39 is 0 Å². The fourth-order valence-corrected chi connectivity index (χ4v) is 4.22. The largest absolute Gasteiger partial charge is 0.343 e. The van der Waals surface area contributed by atoms with Crippen molar-refractivity contribution < 1.29 is 14.4 Å². The van der Waals surface area contributed by atoms with Crippen molar-refractivity contribution in [1.29, 1.82) is 0 Å². The Hall–Kier alpha value is -1.79. The Balaban J connectivity index is 1.61. The van der Waals surface area contributed by atoms with E-state index >= 15 is 0 Å². The van der Waals surface area contributed by atoms with E-state index in [4.69, 9.17) is 0 Å². The summed E-state index contributed by atoms with van der Waals surface area (Å²) in [6.45, 7) is 6.74. The van der Waals surface area contributed by atoms with Gasteiger partial charge in [0.2, 0.25) is 11.8 Å². The van der Waals surface area contributed by atoms with Crippen LogP contribution < -0.4 is 10.6 Å². The highest BCUT2D eigenvalue weighted by molar-refractivity contribution is 5.79. The zero-order valence-electron chi connectivity index (χ0n) is 17.7. The topological polar surface area (TPSA) is 81.8 Å². The van der Waals surface area contributed by atoms with E-state index in [2.05, 4.69) is 10.6 Å². The molecule has 4 amide bonds. The molecule has 2 rings (SSSR count). The van der Waals surface area contributed by atoms with Gasteiger partial charge in [-0.3, -0.25) is 9.59 Å². The number of amides is 4. The third-order valence-corrected chi connectivity index (χ3v) is 6.02. The summed E-state index contributed by atoms with van der Waals surface area (Å²) in [7, 11) is 0. The fourth-order valence-electron chi connectivity index (χ4n) is 4.22. The van der Waals surface area contributed by atoms with Gasteiger partial charge in [0.25, 0.3) is 0 Å². The highest BCUT2D eigenvalue weighted by atomic mass is 16.2. The third kappa shape index (κ3) is 7.32. The minimum Gasteiger partial charge on any atom is -0.343 e. The second-order valence-electron chi connectivity index (χ2n) is 8.03. The second kappa shape index (κ2) is 11.9. The molecule has 2 N–H and O–H groups in total. The average Bonchev–Trinajstić information content (AvgIpc) is 2.70. The van der Waals surface area contributed by atoms with Gasteiger partial charge < -0.3 is 20.4 Å². The second-order valence-corrected chi connectivity index (χ2v) is 8.03. The average molecular weight is 395 g/mol. The van der Waals surface area contributed by atoms with Crippen LogP contribution in [0.2, 0.25) is 0 Å². The molecule has 1 heterocycles. The molecule has 7 nitrogen and oxygen atoms in total. The molecule has 0 spiro atoms. The number of hydrogen-bond acceptors (Lipinski definition) is 3. The van der Waals surface area contributed by atoms with Gasteiger partial charge in [-0.25, -0.2) is 4.79 Å². The number of urea groups is 1. The molecule has 1 aliphatic carbocycles. The number of nitrogens with zero attached hydrogens (tertiary/aromatic N) is 2. The molecule has 1 aliphatic heterocycles. The first-order valence-corrected chi connectivity index (χ1v) is 11.2. The number of likely N-dealkylation sites (tertiary alicyclic amines) is 1. The maximum atomic E-state index is 12.4. The Morgan fingerprint density at radius 1 is 0.857 bits per heavy atom. The first-order chi connectivity index (χ1) is 13.5. The summed E-state index contributed by atoms with van der Waals surface area (Å²) >= 11 is 0. The molecule has 0 unspecified atom stereocenters. The van der Waals surface area contributed by atoms with Crippen LogP contribution in [0, 0.1) is 0 Å². The van der Waals surface area contributed by atoms with Crippen LogP contribution in [0.1, 0.15) is 78.1 Å². The maximum absolute atomic E-state index is 12.4. The summed E-state index contributed by atoms with van der Waals surface area (Å²) in [5.41, 5.74) is 0. The van der Waals surface area contributed by atoms with Gasteiger partial charge in [0.1, 0.15) is 0 Å². The minimum atomic E-state index is -0.0633. The molecular formula is C21H38N4O3. The van der Waals surface area contributed by atoms with Crippen molar-refractivity contribution in [3.05, 3.63) is 0 Å². The summed E-state index contributed by atoms with van der Waals surface area (Å²) < 4.78 is 0. The van der Waals surface area contributed by atoms with E-state index in [1.54, 1.807) is 4.90 Å². The molecule has 2 fully saturated rings. The molecule has 0 atom stereocenters. The Kier molecular flexibility index (Phi) is 9.58. The van der Waals surface area contributed by atoms with Crippen LogP contribution in [-0.2, 0) is 9.59 Å². The molecule has 28 heavy (non-hydrogen) atoms. The van der Waals surface area contributed by atoms with E-state index in [-0.39, 0.29) is 23.9 Å². The zero-order valence-corrected chi connectivity index (χ0v) is 17.7. The van der Waals surface area contributed by atoms with Crippen molar-refractivity contribution in [3.8, 4) is 0 Å². The molecule has 0 bridgehead atoms. The number of piperidine rings is 1. The predicted octanol–water partition coefficient (Wildman–Crippen LogP) is 2.65. The highest BCUT2D eigenvalue weighted by Crippen LogP contribution is 2.17. The summed E-state index contributed by atoms with van der Waals surface area (Å²) in [5.74, 6) is 0.252. The first kappa shape index (κ1) is 22.5. The third-order valence-electron chi connectivity index (χ3n) is 6.02. The number of rotatable bonds is 8. The zero-order chi connectivity index (χ0) is 20.4. The standard InChI is InChI=1S/C21H38N4O3/c1-3-24(4-2)19(26)11-8-12-20(27)25-15-13-18(14-16-25)23-21(28)22-17-9-6-5-7-10-17/h17-18H,3-16H2,1-2H3,(H2,22,23,28). The maximum Gasteiger partial charge on any atom is 0.315 e. The van der Waals surface area contributed by atoms with Crippen LogP contribution in [0.4, 0.5) is 4.79 Å². The van der Waals surface area contributed by atoms with Gasteiger partial charge in [0.15, 0.2) is 0 Å². The van der Waals surface area contributed by atoms with Crippen LogP contribution in [0.3, 0.4) is 0 Å². The fraction of sp³-hybridized carbons (Fsp3) is 0.857. The van der Waals surface area contributed by atoms with Crippen LogP contribution >= 0.6 is 0 Å². The van der Waals surface area contributed by atoms with E-state index in [9.17, 15) is 14.4 Å². The number of nitrogens with one attached hydrogen (secondary N) is 2. The summed E-state index contributed by atoms with van der Waals surface area (Å²) in [6, 6.07) is 0.387. The van der Waals surface area contributed by atoms with Gasteiger partial charge in [-0.15, -0.1) is 0 Å². The molecule has 7 heteroatoms. The molecule has 160 valence electrons. The van der Waals surface area contributed by atoms with Crippen molar-refractivity contribution in [1.82, 2.24) is 20.4 Å². The SMILES string of the molecule is CCN(CC)C(=O)CCCC(=O)N1CCC(NC(=O)NC2CCCCC2)CC1.